The summed E-state index contributed by atoms with van der Waals surface area (Å²) in [6.07, 6.45) is 0.238. The quantitative estimate of drug-likeness (QED) is 0.889. The third-order valence-electron chi connectivity index (χ3n) is 3.15. The van der Waals surface area contributed by atoms with Crippen molar-refractivity contribution in [1.82, 2.24) is 5.32 Å². The minimum absolute atomic E-state index is 0.00228. The minimum atomic E-state index is -0.880. The number of nitrogens with one attached hydrogen (secondary N) is 1. The molecule has 1 nitrogen and oxygen atoms in total. The highest BCUT2D eigenvalue weighted by Crippen LogP contribution is 2.24. The van der Waals surface area contributed by atoms with Gasteiger partial charge in [0.15, 0.2) is 11.6 Å². The van der Waals surface area contributed by atoms with Crippen LogP contribution in [0.5, 0.6) is 0 Å². The predicted octanol–water partition coefficient (Wildman–Crippen LogP) is 4.26. The number of hydrogen-bond acceptors (Lipinski definition) is 1. The lowest BCUT2D eigenvalue weighted by Gasteiger charge is -2.17. The summed E-state index contributed by atoms with van der Waals surface area (Å²) in [6.45, 7) is 0. The van der Waals surface area contributed by atoms with E-state index in [1.54, 1.807) is 13.1 Å². The van der Waals surface area contributed by atoms with Gasteiger partial charge in [-0.05, 0) is 42.8 Å². The van der Waals surface area contributed by atoms with Crippen LogP contribution in [0, 0.1) is 17.5 Å². The van der Waals surface area contributed by atoms with Crippen molar-refractivity contribution in [2.75, 3.05) is 7.05 Å². The Kier molecular flexibility index (Phi) is 4.68. The van der Waals surface area contributed by atoms with Gasteiger partial charge in [-0.25, -0.2) is 13.2 Å². The summed E-state index contributed by atoms with van der Waals surface area (Å²) in [5, 5.41) is 2.99. The maximum Gasteiger partial charge on any atom is 0.162 e. The van der Waals surface area contributed by atoms with Crippen LogP contribution in [-0.2, 0) is 6.42 Å². The van der Waals surface area contributed by atoms with Crippen LogP contribution >= 0.6 is 11.6 Å². The van der Waals surface area contributed by atoms with Crippen LogP contribution in [-0.4, -0.2) is 7.05 Å². The topological polar surface area (TPSA) is 12.0 Å². The van der Waals surface area contributed by atoms with Gasteiger partial charge in [0.2, 0.25) is 0 Å². The van der Waals surface area contributed by atoms with Crippen molar-refractivity contribution < 1.29 is 13.2 Å². The zero-order valence-electron chi connectivity index (χ0n) is 10.8. The number of hydrogen-bond donors (Lipinski definition) is 1. The maximum atomic E-state index is 13.7. The van der Waals surface area contributed by atoms with Crippen LogP contribution in [0.15, 0.2) is 36.4 Å². The van der Waals surface area contributed by atoms with E-state index in [0.29, 0.717) is 5.56 Å². The van der Waals surface area contributed by atoms with E-state index >= 15 is 0 Å². The van der Waals surface area contributed by atoms with Crippen LogP contribution in [0.3, 0.4) is 0 Å². The molecular weight excluding hydrogens is 287 g/mol. The van der Waals surface area contributed by atoms with Gasteiger partial charge in [-0.2, -0.15) is 0 Å². The third kappa shape index (κ3) is 3.14. The standard InChI is InChI=1S/C15H13ClF3N/c1-20-14(9-5-6-12(17)11(16)7-9)8-10-3-2-4-13(18)15(10)19/h2-7,14,20H,8H2,1H3. The van der Waals surface area contributed by atoms with Gasteiger partial charge in [-0.1, -0.05) is 29.8 Å². The van der Waals surface area contributed by atoms with Gasteiger partial charge in [0, 0.05) is 6.04 Å². The monoisotopic (exact) mass is 299 g/mol. The van der Waals surface area contributed by atoms with Gasteiger partial charge in [0.25, 0.3) is 0 Å². The third-order valence-corrected chi connectivity index (χ3v) is 3.44. The second-order valence-electron chi connectivity index (χ2n) is 4.43. The average Bonchev–Trinajstić information content (AvgIpc) is 2.44. The molecule has 1 N–H and O–H groups in total. The first-order valence-corrected chi connectivity index (χ1v) is 6.46. The molecule has 1 atom stereocenters. The van der Waals surface area contributed by atoms with Crippen molar-refractivity contribution in [2.45, 2.75) is 12.5 Å². The van der Waals surface area contributed by atoms with E-state index in [-0.39, 0.29) is 23.0 Å². The molecule has 0 spiro atoms. The van der Waals surface area contributed by atoms with Crippen LogP contribution in [0.4, 0.5) is 13.2 Å². The minimum Gasteiger partial charge on any atom is -0.313 e. The van der Waals surface area contributed by atoms with Crippen LogP contribution in [0.25, 0.3) is 0 Å². The van der Waals surface area contributed by atoms with Gasteiger partial charge in [-0.3, -0.25) is 0 Å². The largest absolute Gasteiger partial charge is 0.313 e. The molecule has 1 unspecified atom stereocenters. The Morgan fingerprint density at radius 3 is 2.50 bits per heavy atom. The predicted molar refractivity (Wildman–Crippen MR) is 73.3 cm³/mol. The molecule has 0 aliphatic carbocycles. The highest BCUT2D eigenvalue weighted by molar-refractivity contribution is 6.30. The first kappa shape index (κ1) is 14.9. The number of benzene rings is 2. The summed E-state index contributed by atoms with van der Waals surface area (Å²) in [7, 11) is 1.69. The highest BCUT2D eigenvalue weighted by atomic mass is 35.5. The maximum absolute atomic E-state index is 13.7. The van der Waals surface area contributed by atoms with Crippen LogP contribution in [0.2, 0.25) is 5.02 Å². The molecule has 0 fully saturated rings. The highest BCUT2D eigenvalue weighted by Gasteiger charge is 2.16. The summed E-state index contributed by atoms with van der Waals surface area (Å²) in [5.41, 5.74) is 0.965. The lowest BCUT2D eigenvalue weighted by atomic mass is 9.98. The average molecular weight is 300 g/mol. The van der Waals surface area contributed by atoms with Gasteiger partial charge < -0.3 is 5.32 Å². The molecule has 2 aromatic carbocycles. The molecule has 0 saturated carbocycles. The molecule has 0 aliphatic heterocycles. The Balaban J connectivity index is 2.28. The normalized spacial score (nSPS) is 12.4. The summed E-state index contributed by atoms with van der Waals surface area (Å²) in [5.74, 6) is -2.25. The Morgan fingerprint density at radius 2 is 1.85 bits per heavy atom. The van der Waals surface area contributed by atoms with E-state index in [2.05, 4.69) is 5.32 Å². The van der Waals surface area contributed by atoms with E-state index < -0.39 is 17.5 Å². The van der Waals surface area contributed by atoms with Gasteiger partial charge in [-0.15, -0.1) is 0 Å². The molecule has 0 aliphatic rings. The SMILES string of the molecule is CNC(Cc1cccc(F)c1F)c1ccc(F)c(Cl)c1. The van der Waals surface area contributed by atoms with Gasteiger partial charge >= 0.3 is 0 Å². The summed E-state index contributed by atoms with van der Waals surface area (Å²) in [6, 6.07) is 8.07. The zero-order chi connectivity index (χ0) is 14.7. The molecule has 106 valence electrons. The number of rotatable bonds is 4. The Bertz CT molecular complexity index is 616. The molecule has 0 saturated heterocycles. The molecule has 20 heavy (non-hydrogen) atoms. The smallest absolute Gasteiger partial charge is 0.162 e. The Hall–Kier alpha value is -1.52. The first-order valence-electron chi connectivity index (χ1n) is 6.08. The van der Waals surface area contributed by atoms with Crippen molar-refractivity contribution in [3.63, 3.8) is 0 Å². The molecule has 0 amide bonds. The molecule has 5 heteroatoms. The lowest BCUT2D eigenvalue weighted by molar-refractivity contribution is 0.486. The second-order valence-corrected chi connectivity index (χ2v) is 4.84. The number of likely N-dealkylation sites (N-methyl/N-ethyl adjacent to an activating group) is 1. The first-order chi connectivity index (χ1) is 9.52. The summed E-state index contributed by atoms with van der Waals surface area (Å²) < 4.78 is 40.0. The molecule has 0 radical (unpaired) electrons. The van der Waals surface area contributed by atoms with Crippen molar-refractivity contribution in [3.05, 3.63) is 70.0 Å². The summed E-state index contributed by atoms with van der Waals surface area (Å²) in [4.78, 5) is 0. The molecule has 0 aromatic heterocycles. The molecule has 2 rings (SSSR count). The van der Waals surface area contributed by atoms with Gasteiger partial charge in [0.05, 0.1) is 5.02 Å². The van der Waals surface area contributed by atoms with Crippen molar-refractivity contribution >= 4 is 11.6 Å². The molecule has 2 aromatic rings. The zero-order valence-corrected chi connectivity index (χ0v) is 11.5. The number of halogens is 4. The second kappa shape index (κ2) is 6.29. The van der Waals surface area contributed by atoms with E-state index in [9.17, 15) is 13.2 Å². The van der Waals surface area contributed by atoms with Crippen LogP contribution < -0.4 is 5.32 Å². The fourth-order valence-electron chi connectivity index (χ4n) is 2.04. The lowest BCUT2D eigenvalue weighted by Crippen LogP contribution is -2.19. The van der Waals surface area contributed by atoms with Crippen LogP contribution in [0.1, 0.15) is 17.2 Å². The van der Waals surface area contributed by atoms with E-state index in [4.69, 9.17) is 11.6 Å². The fourth-order valence-corrected chi connectivity index (χ4v) is 2.23. The van der Waals surface area contributed by atoms with Crippen molar-refractivity contribution in [2.24, 2.45) is 0 Å². The van der Waals surface area contributed by atoms with Gasteiger partial charge in [0.1, 0.15) is 5.82 Å². The Labute approximate surface area is 120 Å². The summed E-state index contributed by atoms with van der Waals surface area (Å²) >= 11 is 5.74. The van der Waals surface area contributed by atoms with Crippen molar-refractivity contribution in [1.29, 1.82) is 0 Å². The van der Waals surface area contributed by atoms with E-state index in [1.807, 2.05) is 0 Å². The fraction of sp³-hybridized carbons (Fsp3) is 0.200. The van der Waals surface area contributed by atoms with E-state index in [0.717, 1.165) is 6.07 Å². The Morgan fingerprint density at radius 1 is 1.10 bits per heavy atom. The molecule has 0 bridgehead atoms. The van der Waals surface area contributed by atoms with Crippen molar-refractivity contribution in [3.8, 4) is 0 Å². The molecule has 0 heterocycles. The van der Waals surface area contributed by atoms with E-state index in [1.165, 1.54) is 24.3 Å². The molecular formula is C15H13ClF3N.